The van der Waals surface area contributed by atoms with Gasteiger partial charge in [0.1, 0.15) is 0 Å². The lowest BCUT2D eigenvalue weighted by Crippen LogP contribution is -2.32. The maximum Gasteiger partial charge on any atom is 0.247 e. The molecule has 2 heterocycles. The topological polar surface area (TPSA) is 72.7 Å². The van der Waals surface area contributed by atoms with Crippen molar-refractivity contribution < 1.29 is 13.9 Å². The number of nitrogens with zero attached hydrogens (tertiary/aromatic N) is 3. The predicted octanol–water partition coefficient (Wildman–Crippen LogP) is 4.60. The van der Waals surface area contributed by atoms with Crippen molar-refractivity contribution >= 4 is 11.4 Å². The molecular weight excluding hydrogens is 380 g/mol. The maximum atomic E-state index is 5.80. The molecule has 7 nitrogen and oxygen atoms in total. The van der Waals surface area contributed by atoms with E-state index in [0.29, 0.717) is 29.8 Å². The number of piperidine rings is 1. The molecule has 0 bridgehead atoms. The van der Waals surface area contributed by atoms with Crippen molar-refractivity contribution in [2.45, 2.75) is 26.3 Å². The monoisotopic (exact) mass is 408 g/mol. The Morgan fingerprint density at radius 1 is 1.00 bits per heavy atom. The first-order valence-electron chi connectivity index (χ1n) is 10.3. The highest BCUT2D eigenvalue weighted by atomic mass is 16.5. The van der Waals surface area contributed by atoms with E-state index in [0.717, 1.165) is 30.3 Å². The molecule has 1 aromatic heterocycles. The Bertz CT molecular complexity index is 963. The lowest BCUT2D eigenvalue weighted by molar-refractivity contribution is 0.355. The van der Waals surface area contributed by atoms with Crippen LogP contribution in [0.2, 0.25) is 0 Å². The molecule has 0 aliphatic carbocycles. The van der Waals surface area contributed by atoms with Crippen LogP contribution in [0.25, 0.3) is 11.5 Å². The molecule has 1 aliphatic rings. The van der Waals surface area contributed by atoms with Gasteiger partial charge in [0.15, 0.2) is 11.5 Å². The zero-order chi connectivity index (χ0) is 20.9. The minimum atomic E-state index is 0.447. The van der Waals surface area contributed by atoms with Gasteiger partial charge >= 0.3 is 0 Å². The van der Waals surface area contributed by atoms with E-state index in [-0.39, 0.29) is 0 Å². The summed E-state index contributed by atoms with van der Waals surface area (Å²) in [6.45, 7) is 5.06. The van der Waals surface area contributed by atoms with Crippen molar-refractivity contribution in [2.24, 2.45) is 5.92 Å². The molecule has 30 heavy (non-hydrogen) atoms. The smallest absolute Gasteiger partial charge is 0.247 e. The fourth-order valence-corrected chi connectivity index (χ4v) is 3.65. The summed E-state index contributed by atoms with van der Waals surface area (Å²) in [6, 6.07) is 14.0. The Kier molecular flexibility index (Phi) is 6.07. The fraction of sp³-hybridized carbons (Fsp3) is 0.391. The van der Waals surface area contributed by atoms with Gasteiger partial charge in [0.2, 0.25) is 11.8 Å². The van der Waals surface area contributed by atoms with Gasteiger partial charge in [0.05, 0.1) is 20.8 Å². The minimum Gasteiger partial charge on any atom is -0.493 e. The highest BCUT2D eigenvalue weighted by molar-refractivity contribution is 5.59. The second-order valence-electron chi connectivity index (χ2n) is 7.64. The summed E-state index contributed by atoms with van der Waals surface area (Å²) in [6.07, 6.45) is 2.53. The van der Waals surface area contributed by atoms with Crippen LogP contribution in [0, 0.1) is 5.92 Å². The number of hydrogen-bond acceptors (Lipinski definition) is 7. The Morgan fingerprint density at radius 2 is 1.73 bits per heavy atom. The predicted molar refractivity (Wildman–Crippen MR) is 117 cm³/mol. The van der Waals surface area contributed by atoms with E-state index >= 15 is 0 Å². The quantitative estimate of drug-likeness (QED) is 0.612. The van der Waals surface area contributed by atoms with E-state index < -0.39 is 0 Å². The van der Waals surface area contributed by atoms with Crippen molar-refractivity contribution in [1.82, 2.24) is 10.2 Å². The number of methoxy groups -OCH3 is 2. The zero-order valence-corrected chi connectivity index (χ0v) is 17.7. The van der Waals surface area contributed by atoms with E-state index in [1.54, 1.807) is 14.2 Å². The number of nitrogens with one attached hydrogen (secondary N) is 1. The first kappa shape index (κ1) is 20.1. The van der Waals surface area contributed by atoms with Crippen molar-refractivity contribution in [3.63, 3.8) is 0 Å². The molecule has 1 fully saturated rings. The van der Waals surface area contributed by atoms with Crippen molar-refractivity contribution in [3.05, 3.63) is 48.4 Å². The molecule has 0 radical (unpaired) electrons. The molecular formula is C23H28N4O3. The molecule has 7 heteroatoms. The summed E-state index contributed by atoms with van der Waals surface area (Å²) in [5.41, 5.74) is 3.09. The van der Waals surface area contributed by atoms with Crippen LogP contribution >= 0.6 is 0 Å². The van der Waals surface area contributed by atoms with Crippen molar-refractivity contribution in [2.75, 3.05) is 37.5 Å². The molecule has 0 saturated carbocycles. The van der Waals surface area contributed by atoms with E-state index in [4.69, 9.17) is 13.9 Å². The second kappa shape index (κ2) is 9.07. The largest absolute Gasteiger partial charge is 0.493 e. The van der Waals surface area contributed by atoms with Crippen molar-refractivity contribution in [3.8, 4) is 23.0 Å². The lowest BCUT2D eigenvalue weighted by Gasteiger charge is -2.32. The molecule has 3 aromatic rings. The van der Waals surface area contributed by atoms with E-state index in [1.165, 1.54) is 18.5 Å². The zero-order valence-electron chi connectivity index (χ0n) is 17.7. The first-order valence-corrected chi connectivity index (χ1v) is 10.3. The Morgan fingerprint density at radius 3 is 2.43 bits per heavy atom. The van der Waals surface area contributed by atoms with Crippen LogP contribution in [0.3, 0.4) is 0 Å². The highest BCUT2D eigenvalue weighted by Gasteiger charge is 2.16. The molecule has 0 amide bonds. The summed E-state index contributed by atoms with van der Waals surface area (Å²) in [4.78, 5) is 2.46. The van der Waals surface area contributed by atoms with Crippen LogP contribution in [0.1, 0.15) is 25.7 Å². The minimum absolute atomic E-state index is 0.447. The molecule has 1 N–H and O–H groups in total. The summed E-state index contributed by atoms with van der Waals surface area (Å²) in [5.74, 6) is 3.08. The van der Waals surface area contributed by atoms with Gasteiger partial charge in [-0.15, -0.1) is 10.2 Å². The Hall–Kier alpha value is -3.22. The van der Waals surface area contributed by atoms with Gasteiger partial charge in [0.25, 0.3) is 0 Å². The van der Waals surface area contributed by atoms with Gasteiger partial charge in [-0.3, -0.25) is 0 Å². The summed E-state index contributed by atoms with van der Waals surface area (Å²) in [7, 11) is 3.20. The van der Waals surface area contributed by atoms with E-state index in [9.17, 15) is 0 Å². The van der Waals surface area contributed by atoms with Gasteiger partial charge in [0, 0.05) is 30.0 Å². The van der Waals surface area contributed by atoms with E-state index in [2.05, 4.69) is 51.6 Å². The Labute approximate surface area is 177 Å². The van der Waals surface area contributed by atoms with Crippen LogP contribution in [0.4, 0.5) is 11.4 Å². The summed E-state index contributed by atoms with van der Waals surface area (Å²) in [5, 5.41) is 11.6. The summed E-state index contributed by atoms with van der Waals surface area (Å²) < 4.78 is 16.4. The lowest BCUT2D eigenvalue weighted by atomic mass is 9.99. The van der Waals surface area contributed by atoms with Crippen LogP contribution in [0.5, 0.6) is 11.5 Å². The first-order chi connectivity index (χ1) is 14.7. The van der Waals surface area contributed by atoms with Gasteiger partial charge in [-0.1, -0.05) is 6.92 Å². The molecule has 0 unspecified atom stereocenters. The maximum absolute atomic E-state index is 5.80. The molecule has 2 aromatic carbocycles. The van der Waals surface area contributed by atoms with Gasteiger partial charge in [-0.2, -0.15) is 0 Å². The summed E-state index contributed by atoms with van der Waals surface area (Å²) >= 11 is 0. The number of hydrogen-bond donors (Lipinski definition) is 1. The van der Waals surface area contributed by atoms with Crippen molar-refractivity contribution in [1.29, 1.82) is 0 Å². The number of anilines is 2. The molecule has 1 saturated heterocycles. The number of ether oxygens (including phenoxy) is 2. The highest BCUT2D eigenvalue weighted by Crippen LogP contribution is 2.32. The van der Waals surface area contributed by atoms with Gasteiger partial charge in [-0.05, 0) is 61.2 Å². The molecule has 4 rings (SSSR count). The standard InChI is InChI=1S/C23H28N4O3/c1-16-10-12-27(13-11-16)19-7-5-18(6-8-19)24-15-22-25-26-23(30-22)17-4-9-20(28-2)21(14-17)29-3/h4-9,14,16,24H,10-13,15H2,1-3H3. The number of aromatic nitrogens is 2. The molecule has 1 aliphatic heterocycles. The molecule has 158 valence electrons. The number of rotatable bonds is 7. The second-order valence-corrected chi connectivity index (χ2v) is 7.64. The average Bonchev–Trinajstić information content (AvgIpc) is 3.27. The van der Waals surface area contributed by atoms with Crippen LogP contribution in [-0.4, -0.2) is 37.5 Å². The van der Waals surface area contributed by atoms with Crippen LogP contribution in [0.15, 0.2) is 46.9 Å². The van der Waals surface area contributed by atoms with Gasteiger partial charge in [-0.25, -0.2) is 0 Å². The van der Waals surface area contributed by atoms with Gasteiger partial charge < -0.3 is 24.1 Å². The third-order valence-electron chi connectivity index (χ3n) is 5.56. The fourth-order valence-electron chi connectivity index (χ4n) is 3.65. The average molecular weight is 409 g/mol. The Balaban J connectivity index is 1.36. The number of benzene rings is 2. The molecule has 0 atom stereocenters. The third kappa shape index (κ3) is 4.50. The normalized spacial score (nSPS) is 14.6. The third-order valence-corrected chi connectivity index (χ3v) is 5.56. The van der Waals surface area contributed by atoms with Crippen LogP contribution < -0.4 is 19.7 Å². The SMILES string of the molecule is COc1ccc(-c2nnc(CNc3ccc(N4CCC(C)CC4)cc3)o2)cc1OC. The van der Waals surface area contributed by atoms with E-state index in [1.807, 2.05) is 18.2 Å². The molecule has 0 spiro atoms. The van der Waals surface area contributed by atoms with Crippen LogP contribution in [-0.2, 0) is 6.54 Å².